The highest BCUT2D eigenvalue weighted by Gasteiger charge is 2.48. The largest absolute Gasteiger partial charge is 0.543 e. The maximum atomic E-state index is 14.9. The standard InChI is InChI=1S/C52H84IN3O7Si2/c1-31(2)64(32(3)4,33(5)6)62-44-22-20-43(21-23-44)46-30-49(57)61-40(16)27-38(14)25-37(13)26-39(15)50(58)54-41(17)52(60)56(18)47(51(59)55-46)29-42-19-24-48(45(53)28-42)63-65(34(7)8,35(9)10)36(11)12/h19-25,28,31-36,38-41,46-47H,26-27,29-30H2,1-18H3,(H,54,58)(H,55,59)/t38-,39-,40-,41-,46+,47+/m0/s1. The van der Waals surface area contributed by atoms with Crippen LogP contribution in [0.3, 0.4) is 0 Å². The van der Waals surface area contributed by atoms with Gasteiger partial charge in [-0.1, -0.05) is 127 Å². The number of halogens is 1. The van der Waals surface area contributed by atoms with Crippen molar-refractivity contribution in [1.82, 2.24) is 15.5 Å². The van der Waals surface area contributed by atoms with E-state index in [2.05, 4.69) is 129 Å². The zero-order chi connectivity index (χ0) is 49.3. The van der Waals surface area contributed by atoms with E-state index >= 15 is 0 Å². The van der Waals surface area contributed by atoms with Gasteiger partial charge in [-0.3, -0.25) is 19.2 Å². The lowest BCUT2D eigenvalue weighted by Crippen LogP contribution is -2.55. The molecule has 1 aliphatic heterocycles. The highest BCUT2D eigenvalue weighted by Crippen LogP contribution is 2.45. The molecule has 3 rings (SSSR count). The summed E-state index contributed by atoms with van der Waals surface area (Å²) in [5.74, 6) is -0.230. The first-order chi connectivity index (χ1) is 30.2. The molecule has 0 aliphatic carbocycles. The van der Waals surface area contributed by atoms with Crippen molar-refractivity contribution in [1.29, 1.82) is 0 Å². The van der Waals surface area contributed by atoms with E-state index in [0.29, 0.717) is 51.7 Å². The molecule has 364 valence electrons. The van der Waals surface area contributed by atoms with Gasteiger partial charge in [-0.2, -0.15) is 0 Å². The smallest absolute Gasteiger partial charge is 0.308 e. The zero-order valence-corrected chi connectivity index (χ0v) is 47.2. The molecule has 2 aromatic rings. The number of hydrogen-bond acceptors (Lipinski definition) is 7. The van der Waals surface area contributed by atoms with Gasteiger partial charge in [0.2, 0.25) is 17.7 Å². The van der Waals surface area contributed by atoms with Crippen molar-refractivity contribution in [2.45, 2.75) is 201 Å². The van der Waals surface area contributed by atoms with Crippen LogP contribution in [0, 0.1) is 15.4 Å². The van der Waals surface area contributed by atoms with Crippen molar-refractivity contribution in [3.05, 3.63) is 68.8 Å². The fourth-order valence-corrected chi connectivity index (χ4v) is 22.3. The zero-order valence-electron chi connectivity index (χ0n) is 43.1. The number of likely N-dealkylation sites (N-methyl/N-ethyl adjacent to an activating group) is 1. The van der Waals surface area contributed by atoms with Crippen LogP contribution < -0.4 is 19.5 Å². The van der Waals surface area contributed by atoms with Gasteiger partial charge in [-0.15, -0.1) is 0 Å². The first kappa shape index (κ1) is 56.1. The van der Waals surface area contributed by atoms with Crippen LogP contribution in [0.1, 0.15) is 154 Å². The molecule has 0 saturated heterocycles. The number of hydrogen-bond donors (Lipinski definition) is 2. The number of amides is 3. The quantitative estimate of drug-likeness (QED) is 0.0886. The lowest BCUT2D eigenvalue weighted by molar-refractivity contribution is -0.149. The Bertz CT molecular complexity index is 1910. The Labute approximate surface area is 409 Å². The molecule has 0 fully saturated rings. The maximum Gasteiger partial charge on any atom is 0.308 e. The van der Waals surface area contributed by atoms with Crippen LogP contribution in [-0.4, -0.2) is 70.5 Å². The molecule has 0 radical (unpaired) electrons. The SMILES string of the molecule is CC1=C[C@H](C)C[C@H](C)OC(=O)C[C@H](c2ccc(O[Si](C(C)C)(C(C)C)C(C)C)cc2)NC(=O)[C@@H](Cc2ccc(O[Si](C(C)C)(C(C)C)C(C)C)c(I)c2)N(C)C(=O)[C@H](C)NC(=O)[C@@H](C)C1. The second-order valence-electron chi connectivity index (χ2n) is 21.0. The molecule has 1 aliphatic rings. The van der Waals surface area contributed by atoms with E-state index < -0.39 is 52.5 Å². The summed E-state index contributed by atoms with van der Waals surface area (Å²) in [5, 5.41) is 6.13. The van der Waals surface area contributed by atoms with Crippen molar-refractivity contribution in [2.75, 3.05) is 7.05 Å². The number of carbonyl (C=O) groups excluding carboxylic acids is 4. The minimum Gasteiger partial charge on any atom is -0.543 e. The Morgan fingerprint density at radius 1 is 0.723 bits per heavy atom. The summed E-state index contributed by atoms with van der Waals surface area (Å²) in [6.07, 6.45) is 2.90. The van der Waals surface area contributed by atoms with Crippen LogP contribution in [0.25, 0.3) is 0 Å². The summed E-state index contributed by atoms with van der Waals surface area (Å²) < 4.78 is 21.0. The molecule has 2 aromatic carbocycles. The van der Waals surface area contributed by atoms with Crippen molar-refractivity contribution in [2.24, 2.45) is 11.8 Å². The third-order valence-electron chi connectivity index (χ3n) is 13.9. The van der Waals surface area contributed by atoms with Crippen LogP contribution in [0.5, 0.6) is 11.5 Å². The van der Waals surface area contributed by atoms with Gasteiger partial charge in [0.15, 0.2) is 0 Å². The lowest BCUT2D eigenvalue weighted by Gasteiger charge is -2.42. The van der Waals surface area contributed by atoms with Crippen LogP contribution in [0.2, 0.25) is 33.2 Å². The number of nitrogens with one attached hydrogen (secondary N) is 2. The van der Waals surface area contributed by atoms with Crippen molar-refractivity contribution in [3.63, 3.8) is 0 Å². The molecule has 0 unspecified atom stereocenters. The molecule has 3 amide bonds. The summed E-state index contributed by atoms with van der Waals surface area (Å²) >= 11 is 2.31. The molecule has 10 nitrogen and oxygen atoms in total. The van der Waals surface area contributed by atoms with Gasteiger partial charge in [0.05, 0.1) is 22.1 Å². The average Bonchev–Trinajstić information content (AvgIpc) is 3.19. The maximum absolute atomic E-state index is 14.9. The van der Waals surface area contributed by atoms with Crippen molar-refractivity contribution < 1.29 is 32.8 Å². The Morgan fingerprint density at radius 2 is 1.25 bits per heavy atom. The first-order valence-electron chi connectivity index (χ1n) is 24.2. The van der Waals surface area contributed by atoms with E-state index in [-0.39, 0.29) is 36.7 Å². The van der Waals surface area contributed by atoms with E-state index in [4.69, 9.17) is 13.6 Å². The van der Waals surface area contributed by atoms with E-state index in [1.54, 1.807) is 14.0 Å². The van der Waals surface area contributed by atoms with Crippen LogP contribution in [0.4, 0.5) is 0 Å². The molecule has 65 heavy (non-hydrogen) atoms. The van der Waals surface area contributed by atoms with E-state index in [0.717, 1.165) is 26.2 Å². The van der Waals surface area contributed by atoms with Gasteiger partial charge in [0.25, 0.3) is 16.6 Å². The van der Waals surface area contributed by atoms with Gasteiger partial charge >= 0.3 is 5.97 Å². The van der Waals surface area contributed by atoms with E-state index in [9.17, 15) is 19.2 Å². The summed E-state index contributed by atoms with van der Waals surface area (Å²) in [6.45, 7) is 36.5. The monoisotopic (exact) mass is 1050 g/mol. The summed E-state index contributed by atoms with van der Waals surface area (Å²) in [4.78, 5) is 58.0. The molecular formula is C52H84IN3O7Si2. The third kappa shape index (κ3) is 14.2. The minimum absolute atomic E-state index is 0.0835. The fraction of sp³-hybridized carbons (Fsp3) is 0.654. The molecular weight excluding hydrogens is 962 g/mol. The number of allylic oxidation sites excluding steroid dienone is 2. The van der Waals surface area contributed by atoms with Crippen molar-refractivity contribution >= 4 is 62.9 Å². The molecule has 0 aromatic heterocycles. The Balaban J connectivity index is 2.15. The Morgan fingerprint density at radius 3 is 1.75 bits per heavy atom. The molecule has 13 heteroatoms. The molecule has 0 spiro atoms. The fourth-order valence-electron chi connectivity index (χ4n) is 10.9. The minimum atomic E-state index is -2.26. The van der Waals surface area contributed by atoms with Gasteiger partial charge in [-0.25, -0.2) is 0 Å². The van der Waals surface area contributed by atoms with Crippen LogP contribution >= 0.6 is 22.6 Å². The summed E-state index contributed by atoms with van der Waals surface area (Å²) in [5.41, 5.74) is 4.90. The first-order valence-corrected chi connectivity index (χ1v) is 29.5. The Hall–Kier alpha value is -3.18. The molecule has 0 bridgehead atoms. The van der Waals surface area contributed by atoms with Gasteiger partial charge in [-0.05, 0) is 131 Å². The number of cyclic esters (lactones) is 1. The number of ether oxygens (including phenoxy) is 1. The summed E-state index contributed by atoms with van der Waals surface area (Å²) in [7, 11) is -2.90. The van der Waals surface area contributed by atoms with Gasteiger partial charge in [0.1, 0.15) is 23.6 Å². The van der Waals surface area contributed by atoms with Gasteiger partial charge < -0.3 is 29.1 Å². The molecule has 0 saturated carbocycles. The summed E-state index contributed by atoms with van der Waals surface area (Å²) in [6, 6.07) is 11.0. The van der Waals surface area contributed by atoms with Gasteiger partial charge in [0, 0.05) is 19.4 Å². The normalized spacial score (nSPS) is 23.0. The highest BCUT2D eigenvalue weighted by molar-refractivity contribution is 14.1. The average molecular weight is 1050 g/mol. The second kappa shape index (κ2) is 24.2. The number of nitrogens with zero attached hydrogens (tertiary/aromatic N) is 1. The predicted octanol–water partition coefficient (Wildman–Crippen LogP) is 12.5. The predicted molar refractivity (Wildman–Crippen MR) is 279 cm³/mol. The third-order valence-corrected chi connectivity index (χ3v) is 26.8. The van der Waals surface area contributed by atoms with Crippen molar-refractivity contribution in [3.8, 4) is 11.5 Å². The second-order valence-corrected chi connectivity index (χ2v) is 32.9. The van der Waals surface area contributed by atoms with E-state index in [1.165, 1.54) is 4.90 Å². The number of esters is 1. The lowest BCUT2D eigenvalue weighted by atomic mass is 9.95. The Kier molecular flexibility index (Phi) is 20.9. The molecule has 2 N–H and O–H groups in total. The van der Waals surface area contributed by atoms with Crippen LogP contribution in [-0.2, 0) is 30.3 Å². The topological polar surface area (TPSA) is 123 Å². The van der Waals surface area contributed by atoms with E-state index in [1.807, 2.05) is 63.2 Å². The molecule has 1 heterocycles. The number of rotatable bonds is 13. The number of carbonyl (C=O) groups is 4. The number of benzene rings is 2. The molecule has 6 atom stereocenters. The van der Waals surface area contributed by atoms with Crippen LogP contribution in [0.15, 0.2) is 54.1 Å². The highest BCUT2D eigenvalue weighted by atomic mass is 127.